The molecular formula is C54H61F3N4O7S. The number of pyridine rings is 1. The van der Waals surface area contributed by atoms with E-state index in [0.717, 1.165) is 55.8 Å². The van der Waals surface area contributed by atoms with Crippen LogP contribution < -0.4 is 24.0 Å². The van der Waals surface area contributed by atoms with E-state index in [1.54, 1.807) is 31.7 Å². The third-order valence-corrected chi connectivity index (χ3v) is 12.3. The monoisotopic (exact) mass is 966 g/mol. The number of hydrogen-bond donors (Lipinski definition) is 0. The molecule has 4 aromatic carbocycles. The summed E-state index contributed by atoms with van der Waals surface area (Å²) in [5.41, 5.74) is 2.80. The van der Waals surface area contributed by atoms with Gasteiger partial charge in [-0.15, -0.1) is 0 Å². The quantitative estimate of drug-likeness (QED) is 0.0117. The fraction of sp³-hybridized carbons (Fsp3) is 0.389. The average Bonchev–Trinajstić information content (AvgIpc) is 3.78. The van der Waals surface area contributed by atoms with Crippen molar-refractivity contribution >= 4 is 55.7 Å². The van der Waals surface area contributed by atoms with Gasteiger partial charge in [-0.3, -0.25) is 4.79 Å². The van der Waals surface area contributed by atoms with Gasteiger partial charge in [0.15, 0.2) is 11.5 Å². The number of esters is 2. The molecule has 0 aliphatic heterocycles. The lowest BCUT2D eigenvalue weighted by molar-refractivity contribution is -0.150. The van der Waals surface area contributed by atoms with Gasteiger partial charge in [-0.1, -0.05) is 119 Å². The van der Waals surface area contributed by atoms with Gasteiger partial charge < -0.3 is 23.7 Å². The van der Waals surface area contributed by atoms with E-state index in [1.807, 2.05) is 84.7 Å². The van der Waals surface area contributed by atoms with Crippen molar-refractivity contribution < 1.29 is 46.4 Å². The van der Waals surface area contributed by atoms with Gasteiger partial charge in [0.2, 0.25) is 5.13 Å². The number of rotatable bonds is 28. The van der Waals surface area contributed by atoms with Crippen LogP contribution in [0.25, 0.3) is 21.1 Å². The zero-order valence-corrected chi connectivity index (χ0v) is 40.5. The molecule has 0 saturated heterocycles. The van der Waals surface area contributed by atoms with Crippen LogP contribution in [0.4, 0.5) is 18.3 Å². The maximum atomic E-state index is 13.3. The normalized spacial score (nSPS) is 11.6. The summed E-state index contributed by atoms with van der Waals surface area (Å²) in [5, 5.41) is 9.49. The molecule has 6 aromatic rings. The number of hydrazone groups is 1. The number of thiazole rings is 1. The van der Waals surface area contributed by atoms with E-state index in [4.69, 9.17) is 29.0 Å². The summed E-state index contributed by atoms with van der Waals surface area (Å²) >= 11 is 1.51. The van der Waals surface area contributed by atoms with Gasteiger partial charge in [0.1, 0.15) is 34.0 Å². The van der Waals surface area contributed by atoms with Crippen LogP contribution in [-0.4, -0.2) is 61.2 Å². The van der Waals surface area contributed by atoms with Crippen LogP contribution in [0.2, 0.25) is 0 Å². The second-order valence-electron chi connectivity index (χ2n) is 16.8. The molecule has 366 valence electrons. The van der Waals surface area contributed by atoms with Crippen LogP contribution in [0, 0.1) is 6.92 Å². The fourth-order valence-electron chi connectivity index (χ4n) is 7.45. The largest absolute Gasteiger partial charge is 0.493 e. The van der Waals surface area contributed by atoms with Crippen molar-refractivity contribution in [3.8, 4) is 23.0 Å². The van der Waals surface area contributed by atoms with Crippen molar-refractivity contribution in [3.63, 3.8) is 0 Å². The predicted octanol–water partition coefficient (Wildman–Crippen LogP) is 13.5. The van der Waals surface area contributed by atoms with Crippen LogP contribution >= 0.6 is 11.3 Å². The Labute approximate surface area is 406 Å². The van der Waals surface area contributed by atoms with Gasteiger partial charge in [-0.05, 0) is 96.3 Å². The maximum Gasteiger partial charge on any atom is 0.422 e. The number of anilines is 1. The molecule has 0 aliphatic carbocycles. The first-order valence-corrected chi connectivity index (χ1v) is 24.4. The van der Waals surface area contributed by atoms with Crippen molar-refractivity contribution in [3.05, 3.63) is 126 Å². The second-order valence-corrected chi connectivity index (χ2v) is 17.8. The number of methoxy groups -OCH3 is 1. The molecule has 6 rings (SSSR count). The highest BCUT2D eigenvalue weighted by Gasteiger charge is 2.37. The maximum absolute atomic E-state index is 13.3. The highest BCUT2D eigenvalue weighted by Crippen LogP contribution is 2.32. The lowest BCUT2D eigenvalue weighted by atomic mass is 10.1. The topological polar surface area (TPSA) is 122 Å². The van der Waals surface area contributed by atoms with Crippen LogP contribution in [0.15, 0.2) is 108 Å². The summed E-state index contributed by atoms with van der Waals surface area (Å²) in [6, 6.07) is 26.5. The van der Waals surface area contributed by atoms with Gasteiger partial charge in [0, 0.05) is 31.1 Å². The van der Waals surface area contributed by atoms with E-state index in [9.17, 15) is 22.8 Å². The number of aromatic nitrogens is 2. The smallest absolute Gasteiger partial charge is 0.422 e. The number of fused-ring (bicyclic) bond motifs is 2. The van der Waals surface area contributed by atoms with Crippen LogP contribution in [0.1, 0.15) is 106 Å². The number of carbonyl (C=O) groups excluding carboxylic acids is 2. The molecule has 0 saturated carbocycles. The minimum absolute atomic E-state index is 0.137. The lowest BCUT2D eigenvalue weighted by Gasteiger charge is -2.16. The highest BCUT2D eigenvalue weighted by molar-refractivity contribution is 7.21. The number of benzene rings is 4. The summed E-state index contributed by atoms with van der Waals surface area (Å²) in [6.45, 7) is 7.86. The Morgan fingerprint density at radius 2 is 1.52 bits per heavy atom. The van der Waals surface area contributed by atoms with Crippen molar-refractivity contribution in [1.29, 1.82) is 0 Å². The van der Waals surface area contributed by atoms with E-state index in [2.05, 4.69) is 23.2 Å². The molecular weight excluding hydrogens is 906 g/mol. The Hall–Kier alpha value is -6.48. The highest BCUT2D eigenvalue weighted by atomic mass is 32.1. The van der Waals surface area contributed by atoms with Crippen LogP contribution in [-0.2, 0) is 27.4 Å². The minimum atomic E-state index is -4.83. The number of nitrogens with zero attached hydrogens (tertiary/aromatic N) is 4. The standard InChI is InChI=1S/C54H61F3N4O7S/c1-5-6-7-8-9-10-11-12-13-14-29-61(53-60-46-17-15-28-58-51(46)69-53)59-36-44-32-38(2)18-25-47(44)68-50(62)27-21-40-20-26-48(49(34-40)64-4)67-37-41-19-22-43-35-45(24-23-42(43)33-41)65-30-16-31-66-52(63)39(3)54(55,56)57/h15,17-20,22-26,28,32-36H,3,5-14,16,21,27,29-31,37H2,1-2,4H3/b59-36+. The molecule has 11 nitrogen and oxygen atoms in total. The van der Waals surface area contributed by atoms with Crippen molar-refractivity contribution in [2.24, 2.45) is 5.10 Å². The van der Waals surface area contributed by atoms with E-state index in [-0.39, 0.29) is 38.6 Å². The van der Waals surface area contributed by atoms with Crippen molar-refractivity contribution in [2.75, 3.05) is 31.9 Å². The molecule has 0 atom stereocenters. The first kappa shape index (κ1) is 51.9. The molecule has 2 heterocycles. The molecule has 0 unspecified atom stereocenters. The molecule has 2 aromatic heterocycles. The number of alkyl halides is 3. The van der Waals surface area contributed by atoms with Crippen LogP contribution in [0.3, 0.4) is 0 Å². The third kappa shape index (κ3) is 16.3. The van der Waals surface area contributed by atoms with Gasteiger partial charge in [0.25, 0.3) is 0 Å². The summed E-state index contributed by atoms with van der Waals surface area (Å²) in [6.07, 6.45) is 11.9. The average molecular weight is 967 g/mol. The number of hydrogen-bond acceptors (Lipinski definition) is 12. The molecule has 15 heteroatoms. The Balaban J connectivity index is 0.990. The molecule has 0 aliphatic rings. The number of carbonyl (C=O) groups is 2. The predicted molar refractivity (Wildman–Crippen MR) is 267 cm³/mol. The van der Waals surface area contributed by atoms with Gasteiger partial charge in [-0.2, -0.15) is 18.3 Å². The Morgan fingerprint density at radius 3 is 2.28 bits per heavy atom. The minimum Gasteiger partial charge on any atom is -0.493 e. The van der Waals surface area contributed by atoms with E-state index in [1.165, 1.54) is 62.7 Å². The first-order valence-electron chi connectivity index (χ1n) is 23.6. The van der Waals surface area contributed by atoms with Crippen molar-refractivity contribution in [2.45, 2.75) is 110 Å². The SMILES string of the molecule is C=C(C(=O)OCCCOc1ccc2cc(COc3ccc(CCC(=O)Oc4ccc(C)cc4/C=N/N(CCCCCCCCCCCC)c4nc5cccnc5s4)cc3OC)ccc2c1)C(F)(F)F. The second kappa shape index (κ2) is 26.3. The van der Waals surface area contributed by atoms with E-state index in [0.29, 0.717) is 41.5 Å². The van der Waals surface area contributed by atoms with E-state index >= 15 is 0 Å². The third-order valence-electron chi connectivity index (χ3n) is 11.3. The van der Waals surface area contributed by atoms with Crippen molar-refractivity contribution in [1.82, 2.24) is 9.97 Å². The zero-order valence-electron chi connectivity index (χ0n) is 39.7. The Morgan fingerprint density at radius 1 is 0.797 bits per heavy atom. The molecule has 0 amide bonds. The molecule has 0 bridgehead atoms. The fourth-order valence-corrected chi connectivity index (χ4v) is 8.34. The molecule has 69 heavy (non-hydrogen) atoms. The van der Waals surface area contributed by atoms with Crippen LogP contribution in [0.5, 0.6) is 23.0 Å². The Kier molecular flexibility index (Phi) is 19.8. The first-order chi connectivity index (χ1) is 33.4. The Bertz CT molecular complexity index is 2640. The molecule has 0 spiro atoms. The summed E-state index contributed by atoms with van der Waals surface area (Å²) in [4.78, 5) is 35.0. The summed E-state index contributed by atoms with van der Waals surface area (Å²) in [5.74, 6) is 0.212. The molecule has 0 radical (unpaired) electrons. The zero-order chi connectivity index (χ0) is 49.0. The van der Waals surface area contributed by atoms with Gasteiger partial charge in [0.05, 0.1) is 26.5 Å². The number of aryl methyl sites for hydroxylation is 2. The lowest BCUT2D eigenvalue weighted by Crippen LogP contribution is -2.21. The van der Waals surface area contributed by atoms with E-state index < -0.39 is 17.7 Å². The van der Waals surface area contributed by atoms with Gasteiger partial charge >= 0.3 is 18.1 Å². The summed E-state index contributed by atoms with van der Waals surface area (Å²) in [7, 11) is 1.57. The molecule has 0 N–H and O–H groups in total. The summed E-state index contributed by atoms with van der Waals surface area (Å²) < 4.78 is 65.9. The number of ether oxygens (including phenoxy) is 5. The molecule has 0 fully saturated rings. The van der Waals surface area contributed by atoms with Gasteiger partial charge in [-0.25, -0.2) is 19.8 Å². The number of halogens is 3. The number of unbranched alkanes of at least 4 members (excludes halogenated alkanes) is 9.